The minimum atomic E-state index is 0.842. The minimum Gasteiger partial charge on any atom is -0.373 e. The van der Waals surface area contributed by atoms with Crippen LogP contribution in [0.2, 0.25) is 0 Å². The largest absolute Gasteiger partial charge is 0.373 e. The number of nitrogens with one attached hydrogen (secondary N) is 1. The van der Waals surface area contributed by atoms with Gasteiger partial charge in [-0.1, -0.05) is 12.7 Å². The lowest BCUT2D eigenvalue weighted by atomic mass is 10.2. The Kier molecular flexibility index (Phi) is 2.65. The van der Waals surface area contributed by atoms with Crippen molar-refractivity contribution in [2.24, 2.45) is 0 Å². The molecule has 58 valence electrons. The predicted molar refractivity (Wildman–Crippen MR) is 51.6 cm³/mol. The van der Waals surface area contributed by atoms with Crippen molar-refractivity contribution in [2.75, 3.05) is 12.4 Å². The molecule has 0 amide bonds. The van der Waals surface area contributed by atoms with Crippen LogP contribution in [0.25, 0.3) is 6.08 Å². The number of nitrogens with zero attached hydrogens (tertiary/aromatic N) is 1. The Morgan fingerprint density at radius 1 is 1.73 bits per heavy atom. The monoisotopic (exact) mass is 212 g/mol. The Morgan fingerprint density at radius 2 is 2.45 bits per heavy atom. The van der Waals surface area contributed by atoms with Gasteiger partial charge in [-0.25, -0.2) is 4.98 Å². The molecule has 0 saturated heterocycles. The molecule has 2 nitrogen and oxygen atoms in total. The summed E-state index contributed by atoms with van der Waals surface area (Å²) in [7, 11) is 1.84. The molecule has 1 aromatic rings. The Hall–Kier alpha value is -0.830. The maximum atomic E-state index is 4.12. The van der Waals surface area contributed by atoms with Crippen LogP contribution in [-0.4, -0.2) is 12.0 Å². The number of halogens is 1. The fraction of sp³-hybridized carbons (Fsp3) is 0.125. The second-order valence-corrected chi connectivity index (χ2v) is 2.86. The van der Waals surface area contributed by atoms with E-state index in [0.717, 1.165) is 15.9 Å². The summed E-state index contributed by atoms with van der Waals surface area (Å²) in [5.41, 5.74) is 0.995. The van der Waals surface area contributed by atoms with E-state index < -0.39 is 0 Å². The molecule has 1 heterocycles. The molecule has 0 saturated carbocycles. The number of rotatable bonds is 2. The normalized spacial score (nSPS) is 9.27. The maximum Gasteiger partial charge on any atom is 0.134 e. The van der Waals surface area contributed by atoms with Gasteiger partial charge >= 0.3 is 0 Å². The van der Waals surface area contributed by atoms with Gasteiger partial charge in [0.25, 0.3) is 0 Å². The summed E-state index contributed by atoms with van der Waals surface area (Å²) >= 11 is 3.40. The quantitative estimate of drug-likeness (QED) is 0.816. The fourth-order valence-electron chi connectivity index (χ4n) is 0.843. The molecule has 0 bridgehead atoms. The molecule has 0 unspecified atom stereocenters. The summed E-state index contributed by atoms with van der Waals surface area (Å²) < 4.78 is 1.01. The highest BCUT2D eigenvalue weighted by molar-refractivity contribution is 9.10. The summed E-state index contributed by atoms with van der Waals surface area (Å²) in [6.07, 6.45) is 3.51. The van der Waals surface area contributed by atoms with Crippen LogP contribution in [0.1, 0.15) is 5.56 Å². The van der Waals surface area contributed by atoms with E-state index in [-0.39, 0.29) is 0 Å². The molecule has 0 atom stereocenters. The third kappa shape index (κ3) is 1.60. The van der Waals surface area contributed by atoms with Crippen LogP contribution in [0.15, 0.2) is 23.3 Å². The lowest BCUT2D eigenvalue weighted by molar-refractivity contribution is 1.27. The molecule has 0 aliphatic rings. The van der Waals surface area contributed by atoms with Gasteiger partial charge < -0.3 is 5.32 Å². The first kappa shape index (κ1) is 8.27. The molecule has 0 spiro atoms. The van der Waals surface area contributed by atoms with Crippen LogP contribution in [0, 0.1) is 0 Å². The molecule has 0 aliphatic carbocycles. The van der Waals surface area contributed by atoms with Crippen molar-refractivity contribution < 1.29 is 0 Å². The SMILES string of the molecule is C=Cc1c(Br)ccnc1NC. The van der Waals surface area contributed by atoms with Crippen molar-refractivity contribution in [1.29, 1.82) is 0 Å². The smallest absolute Gasteiger partial charge is 0.134 e. The van der Waals surface area contributed by atoms with Crippen molar-refractivity contribution in [3.05, 3.63) is 28.9 Å². The molecule has 0 fully saturated rings. The summed E-state index contributed by atoms with van der Waals surface area (Å²) in [6.45, 7) is 3.69. The van der Waals surface area contributed by atoms with E-state index in [1.807, 2.05) is 13.1 Å². The Labute approximate surface area is 74.5 Å². The van der Waals surface area contributed by atoms with Gasteiger partial charge in [-0.2, -0.15) is 0 Å². The van der Waals surface area contributed by atoms with Crippen LogP contribution in [0.5, 0.6) is 0 Å². The number of aromatic nitrogens is 1. The zero-order chi connectivity index (χ0) is 8.27. The van der Waals surface area contributed by atoms with E-state index in [1.54, 1.807) is 12.3 Å². The molecule has 1 N–H and O–H groups in total. The van der Waals surface area contributed by atoms with Crippen LogP contribution in [-0.2, 0) is 0 Å². The predicted octanol–water partition coefficient (Wildman–Crippen LogP) is 2.53. The standard InChI is InChI=1S/C8H9BrN2/c1-3-6-7(9)4-5-11-8(6)10-2/h3-5H,1H2,2H3,(H,10,11). The van der Waals surface area contributed by atoms with Crippen LogP contribution < -0.4 is 5.32 Å². The van der Waals surface area contributed by atoms with E-state index >= 15 is 0 Å². The van der Waals surface area contributed by atoms with Gasteiger partial charge in [-0.05, 0) is 22.0 Å². The van der Waals surface area contributed by atoms with Gasteiger partial charge in [-0.3, -0.25) is 0 Å². The maximum absolute atomic E-state index is 4.12. The van der Waals surface area contributed by atoms with Crippen LogP contribution in [0.3, 0.4) is 0 Å². The Bertz CT molecular complexity index is 271. The second kappa shape index (κ2) is 3.53. The van der Waals surface area contributed by atoms with Gasteiger partial charge in [0.05, 0.1) is 0 Å². The van der Waals surface area contributed by atoms with Gasteiger partial charge in [-0.15, -0.1) is 0 Å². The zero-order valence-electron chi connectivity index (χ0n) is 6.26. The topological polar surface area (TPSA) is 24.9 Å². The zero-order valence-corrected chi connectivity index (χ0v) is 7.85. The summed E-state index contributed by atoms with van der Waals surface area (Å²) in [4.78, 5) is 4.12. The van der Waals surface area contributed by atoms with Gasteiger partial charge in [0.1, 0.15) is 5.82 Å². The lowest BCUT2D eigenvalue weighted by Crippen LogP contribution is -1.94. The average molecular weight is 213 g/mol. The van der Waals surface area contributed by atoms with Crippen LogP contribution in [0.4, 0.5) is 5.82 Å². The van der Waals surface area contributed by atoms with Crippen LogP contribution >= 0.6 is 15.9 Å². The number of hydrogen-bond donors (Lipinski definition) is 1. The molecule has 1 aromatic heterocycles. The Morgan fingerprint density at radius 3 is 2.91 bits per heavy atom. The molecular formula is C8H9BrN2. The van der Waals surface area contributed by atoms with E-state index in [9.17, 15) is 0 Å². The Balaban J connectivity index is 3.24. The molecule has 0 aromatic carbocycles. The molecule has 0 radical (unpaired) electrons. The summed E-state index contributed by atoms with van der Waals surface area (Å²) in [6, 6.07) is 1.89. The first-order valence-corrected chi connectivity index (χ1v) is 4.03. The molecule has 3 heteroatoms. The number of hydrogen-bond acceptors (Lipinski definition) is 2. The molecule has 1 rings (SSSR count). The minimum absolute atomic E-state index is 0.842. The van der Waals surface area contributed by atoms with Gasteiger partial charge in [0, 0.05) is 23.3 Å². The van der Waals surface area contributed by atoms with E-state index in [4.69, 9.17) is 0 Å². The molecule has 0 aliphatic heterocycles. The highest BCUT2D eigenvalue weighted by Gasteiger charge is 2.00. The van der Waals surface area contributed by atoms with Crippen molar-refractivity contribution in [3.8, 4) is 0 Å². The summed E-state index contributed by atoms with van der Waals surface area (Å²) in [5.74, 6) is 0.842. The first-order valence-electron chi connectivity index (χ1n) is 3.24. The van der Waals surface area contributed by atoms with Crippen molar-refractivity contribution in [1.82, 2.24) is 4.98 Å². The molecular weight excluding hydrogens is 204 g/mol. The number of anilines is 1. The van der Waals surface area contributed by atoms with Crippen molar-refractivity contribution in [2.45, 2.75) is 0 Å². The molecule has 11 heavy (non-hydrogen) atoms. The van der Waals surface area contributed by atoms with Gasteiger partial charge in [0.2, 0.25) is 0 Å². The highest BCUT2D eigenvalue weighted by atomic mass is 79.9. The fourth-order valence-corrected chi connectivity index (χ4v) is 1.31. The highest BCUT2D eigenvalue weighted by Crippen LogP contribution is 2.22. The van der Waals surface area contributed by atoms with E-state index in [2.05, 4.69) is 32.8 Å². The third-order valence-electron chi connectivity index (χ3n) is 1.38. The van der Waals surface area contributed by atoms with Crippen molar-refractivity contribution >= 4 is 27.8 Å². The van der Waals surface area contributed by atoms with Crippen molar-refractivity contribution in [3.63, 3.8) is 0 Å². The lowest BCUT2D eigenvalue weighted by Gasteiger charge is -2.04. The second-order valence-electron chi connectivity index (χ2n) is 2.01. The average Bonchev–Trinajstić information content (AvgIpc) is 2.04. The summed E-state index contributed by atoms with van der Waals surface area (Å²) in [5, 5.41) is 2.97. The van der Waals surface area contributed by atoms with Gasteiger partial charge in [0.15, 0.2) is 0 Å². The van der Waals surface area contributed by atoms with E-state index in [1.165, 1.54) is 0 Å². The first-order chi connectivity index (χ1) is 5.29. The third-order valence-corrected chi connectivity index (χ3v) is 2.07. The van der Waals surface area contributed by atoms with E-state index in [0.29, 0.717) is 0 Å². The number of pyridine rings is 1.